The summed E-state index contributed by atoms with van der Waals surface area (Å²) < 4.78 is 5.42. The monoisotopic (exact) mass is 382 g/mol. The Bertz CT molecular complexity index is 813. The van der Waals surface area contributed by atoms with Crippen LogP contribution in [0.5, 0.6) is 0 Å². The zero-order valence-corrected chi connectivity index (χ0v) is 15.9. The molecule has 2 saturated heterocycles. The van der Waals surface area contributed by atoms with Crippen LogP contribution in [0, 0.1) is 5.92 Å². The molecule has 148 valence electrons. The normalized spacial score (nSPS) is 25.9. The minimum Gasteiger partial charge on any atom is -0.339 e. The van der Waals surface area contributed by atoms with Crippen LogP contribution in [0.4, 0.5) is 0 Å². The molecular weight excluding hydrogens is 356 g/mol. The summed E-state index contributed by atoms with van der Waals surface area (Å²) in [5.41, 5.74) is 7.47. The summed E-state index contributed by atoms with van der Waals surface area (Å²) in [6.07, 6.45) is 3.50. The Morgan fingerprint density at radius 3 is 2.64 bits per heavy atom. The number of rotatable bonds is 5. The van der Waals surface area contributed by atoms with E-state index in [1.54, 1.807) is 0 Å². The molecule has 8 heteroatoms. The highest BCUT2D eigenvalue weighted by Crippen LogP contribution is 2.35. The molecule has 2 unspecified atom stereocenters. The number of hydrogen-bond donors (Lipinski definition) is 2. The van der Waals surface area contributed by atoms with Crippen molar-refractivity contribution in [3.05, 3.63) is 36.2 Å². The molecule has 1 aliphatic carbocycles. The lowest BCUT2D eigenvalue weighted by Gasteiger charge is -2.35. The molecule has 5 rings (SSSR count). The summed E-state index contributed by atoms with van der Waals surface area (Å²) in [5, 5.41) is 4.08. The van der Waals surface area contributed by atoms with E-state index in [-0.39, 0.29) is 11.9 Å². The van der Waals surface area contributed by atoms with E-state index in [4.69, 9.17) is 4.52 Å². The average Bonchev–Trinajstić information content (AvgIpc) is 3.28. The number of benzene rings is 1. The number of hydrogen-bond acceptors (Lipinski definition) is 7. The van der Waals surface area contributed by atoms with E-state index in [9.17, 15) is 4.79 Å². The molecule has 3 fully saturated rings. The lowest BCUT2D eigenvalue weighted by Crippen LogP contribution is -2.53. The van der Waals surface area contributed by atoms with Crippen LogP contribution in [-0.2, 0) is 11.3 Å². The molecule has 0 radical (unpaired) electrons. The fourth-order valence-electron chi connectivity index (χ4n) is 4.11. The predicted molar refractivity (Wildman–Crippen MR) is 103 cm³/mol. The van der Waals surface area contributed by atoms with Crippen LogP contribution in [0.2, 0.25) is 0 Å². The van der Waals surface area contributed by atoms with Gasteiger partial charge in [-0.25, -0.2) is 5.43 Å². The first-order valence-electron chi connectivity index (χ1n) is 10.2. The highest BCUT2D eigenvalue weighted by atomic mass is 16.5. The highest BCUT2D eigenvalue weighted by Gasteiger charge is 2.40. The second-order valence-corrected chi connectivity index (χ2v) is 8.00. The molecule has 3 aliphatic rings. The highest BCUT2D eigenvalue weighted by molar-refractivity contribution is 5.82. The molecule has 1 amide bonds. The van der Waals surface area contributed by atoms with Crippen molar-refractivity contribution in [2.75, 3.05) is 26.2 Å². The molecule has 2 N–H and O–H groups in total. The topological polar surface area (TPSA) is 86.5 Å². The van der Waals surface area contributed by atoms with Gasteiger partial charge in [0.2, 0.25) is 17.6 Å². The predicted octanol–water partition coefficient (Wildman–Crippen LogP) is 1.03. The number of aromatic nitrogens is 2. The molecule has 1 aromatic heterocycles. The van der Waals surface area contributed by atoms with E-state index < -0.39 is 0 Å². The third-order valence-electron chi connectivity index (χ3n) is 5.96. The zero-order chi connectivity index (χ0) is 18.9. The van der Waals surface area contributed by atoms with Crippen LogP contribution in [0.15, 0.2) is 34.9 Å². The first-order valence-corrected chi connectivity index (χ1v) is 10.2. The Balaban J connectivity index is 1.11. The third kappa shape index (κ3) is 3.80. The van der Waals surface area contributed by atoms with Gasteiger partial charge in [0.15, 0.2) is 0 Å². The summed E-state index contributed by atoms with van der Waals surface area (Å²) in [6, 6.07) is 10.2. The molecule has 0 bridgehead atoms. The molecule has 8 nitrogen and oxygen atoms in total. The van der Waals surface area contributed by atoms with E-state index in [2.05, 4.69) is 25.9 Å². The van der Waals surface area contributed by atoms with Gasteiger partial charge in [-0.2, -0.15) is 4.98 Å². The Labute approximate surface area is 164 Å². The van der Waals surface area contributed by atoms with Crippen LogP contribution in [0.3, 0.4) is 0 Å². The minimum absolute atomic E-state index is 0.0819. The van der Waals surface area contributed by atoms with Crippen LogP contribution in [0.1, 0.15) is 25.2 Å². The van der Waals surface area contributed by atoms with E-state index in [0.29, 0.717) is 24.3 Å². The standard InChI is InChI=1S/C20H26N6O2/c27-20(17-12-16(22-23-17)14-6-7-14)26-10-8-25(9-11-26)13-18-21-19(24-28-18)15-4-2-1-3-5-15/h1-5,14,16-17,22-23H,6-13H2. The average molecular weight is 382 g/mol. The van der Waals surface area contributed by atoms with Crippen molar-refractivity contribution < 1.29 is 9.32 Å². The van der Waals surface area contributed by atoms with Gasteiger partial charge in [0.25, 0.3) is 0 Å². The summed E-state index contributed by atoms with van der Waals surface area (Å²) in [7, 11) is 0. The number of amides is 1. The van der Waals surface area contributed by atoms with Gasteiger partial charge in [-0.1, -0.05) is 35.5 Å². The Hall–Kier alpha value is -2.29. The summed E-state index contributed by atoms with van der Waals surface area (Å²) in [6.45, 7) is 3.74. The van der Waals surface area contributed by atoms with Gasteiger partial charge in [-0.05, 0) is 25.2 Å². The quantitative estimate of drug-likeness (QED) is 0.799. The molecule has 0 spiro atoms. The second-order valence-electron chi connectivity index (χ2n) is 8.00. The Kier molecular flexibility index (Phi) is 4.84. The minimum atomic E-state index is -0.0819. The van der Waals surface area contributed by atoms with Gasteiger partial charge in [0, 0.05) is 37.8 Å². The van der Waals surface area contributed by atoms with Crippen molar-refractivity contribution in [1.82, 2.24) is 30.8 Å². The Morgan fingerprint density at radius 2 is 1.89 bits per heavy atom. The first-order chi connectivity index (χ1) is 13.8. The fraction of sp³-hybridized carbons (Fsp3) is 0.550. The van der Waals surface area contributed by atoms with Crippen molar-refractivity contribution in [2.24, 2.45) is 5.92 Å². The van der Waals surface area contributed by atoms with E-state index in [0.717, 1.165) is 44.1 Å². The fourth-order valence-corrected chi connectivity index (χ4v) is 4.11. The maximum Gasteiger partial charge on any atom is 0.241 e. The number of piperazine rings is 1. The van der Waals surface area contributed by atoms with Gasteiger partial charge >= 0.3 is 0 Å². The number of nitrogens with zero attached hydrogens (tertiary/aromatic N) is 4. The summed E-state index contributed by atoms with van der Waals surface area (Å²) in [5.74, 6) is 2.22. The number of carbonyl (C=O) groups is 1. The number of carbonyl (C=O) groups excluding carboxylic acids is 1. The van der Waals surface area contributed by atoms with E-state index in [1.807, 2.05) is 35.2 Å². The molecule has 2 aromatic rings. The summed E-state index contributed by atoms with van der Waals surface area (Å²) in [4.78, 5) is 21.5. The molecular formula is C20H26N6O2. The van der Waals surface area contributed by atoms with Crippen molar-refractivity contribution in [3.63, 3.8) is 0 Å². The lowest BCUT2D eigenvalue weighted by molar-refractivity contribution is -0.135. The van der Waals surface area contributed by atoms with Crippen LogP contribution in [-0.4, -0.2) is 64.1 Å². The summed E-state index contributed by atoms with van der Waals surface area (Å²) >= 11 is 0. The number of nitrogens with one attached hydrogen (secondary N) is 2. The maximum absolute atomic E-state index is 12.8. The Morgan fingerprint density at radius 1 is 1.11 bits per heavy atom. The third-order valence-corrected chi connectivity index (χ3v) is 5.96. The van der Waals surface area contributed by atoms with Gasteiger partial charge in [-0.3, -0.25) is 15.1 Å². The smallest absolute Gasteiger partial charge is 0.241 e. The van der Waals surface area contributed by atoms with Crippen LogP contribution >= 0.6 is 0 Å². The van der Waals surface area contributed by atoms with E-state index >= 15 is 0 Å². The van der Waals surface area contributed by atoms with Gasteiger partial charge in [0.05, 0.1) is 6.54 Å². The molecule has 1 saturated carbocycles. The number of hydrazine groups is 1. The molecule has 1 aromatic carbocycles. The second kappa shape index (κ2) is 7.62. The largest absolute Gasteiger partial charge is 0.339 e. The zero-order valence-electron chi connectivity index (χ0n) is 15.9. The van der Waals surface area contributed by atoms with Crippen molar-refractivity contribution >= 4 is 5.91 Å². The SMILES string of the molecule is O=C(C1CC(C2CC2)NN1)N1CCN(Cc2nc(-c3ccccc3)no2)CC1. The van der Waals surface area contributed by atoms with Crippen LogP contribution < -0.4 is 10.9 Å². The maximum atomic E-state index is 12.8. The molecule has 3 heterocycles. The van der Waals surface area contributed by atoms with Gasteiger partial charge in [-0.15, -0.1) is 0 Å². The van der Waals surface area contributed by atoms with Crippen molar-refractivity contribution in [3.8, 4) is 11.4 Å². The van der Waals surface area contributed by atoms with Crippen molar-refractivity contribution in [1.29, 1.82) is 0 Å². The van der Waals surface area contributed by atoms with Crippen molar-refractivity contribution in [2.45, 2.75) is 37.9 Å². The molecule has 2 aliphatic heterocycles. The van der Waals surface area contributed by atoms with E-state index in [1.165, 1.54) is 12.8 Å². The van der Waals surface area contributed by atoms with Crippen LogP contribution in [0.25, 0.3) is 11.4 Å². The van der Waals surface area contributed by atoms with Gasteiger partial charge < -0.3 is 9.42 Å². The first kappa shape index (κ1) is 17.8. The van der Waals surface area contributed by atoms with Gasteiger partial charge in [0.1, 0.15) is 6.04 Å². The lowest BCUT2D eigenvalue weighted by atomic mass is 10.1. The molecule has 2 atom stereocenters. The molecule has 28 heavy (non-hydrogen) atoms.